The zero-order valence-corrected chi connectivity index (χ0v) is 13.6. The minimum absolute atomic E-state index is 0.0135. The van der Waals surface area contributed by atoms with Gasteiger partial charge >= 0.3 is 0 Å². The topological polar surface area (TPSA) is 80.0 Å². The summed E-state index contributed by atoms with van der Waals surface area (Å²) >= 11 is 0. The highest BCUT2D eigenvalue weighted by atomic mass is 16.2. The fourth-order valence-electron chi connectivity index (χ4n) is 3.52. The van der Waals surface area contributed by atoms with Gasteiger partial charge < -0.3 is 9.80 Å². The lowest BCUT2D eigenvalue weighted by Gasteiger charge is -2.24. The minimum atomic E-state index is -0.0135. The molecule has 2 fully saturated rings. The maximum absolute atomic E-state index is 12.9. The molecule has 0 aliphatic carbocycles. The van der Waals surface area contributed by atoms with Gasteiger partial charge in [-0.25, -0.2) is 9.97 Å². The first-order chi connectivity index (χ1) is 11.8. The van der Waals surface area contributed by atoms with Crippen molar-refractivity contribution < 1.29 is 4.79 Å². The highest BCUT2D eigenvalue weighted by Gasteiger charge is 2.31. The van der Waals surface area contributed by atoms with Crippen LogP contribution in [0.15, 0.2) is 24.7 Å². The van der Waals surface area contributed by atoms with E-state index in [0.717, 1.165) is 45.3 Å². The van der Waals surface area contributed by atoms with Crippen LogP contribution >= 0.6 is 0 Å². The van der Waals surface area contributed by atoms with Gasteiger partial charge in [0.1, 0.15) is 5.69 Å². The largest absolute Gasteiger partial charge is 0.341 e. The molecule has 24 heavy (non-hydrogen) atoms. The number of carbonyl (C=O) groups excluding carboxylic acids is 1. The number of hydrogen-bond acceptors (Lipinski definition) is 6. The smallest absolute Gasteiger partial charge is 0.272 e. The molecular weight excluding hydrogens is 306 g/mol. The van der Waals surface area contributed by atoms with E-state index in [1.807, 2.05) is 11.1 Å². The molecule has 2 saturated heterocycles. The van der Waals surface area contributed by atoms with E-state index in [1.54, 1.807) is 23.1 Å². The fourth-order valence-corrected chi connectivity index (χ4v) is 3.52. The molecule has 0 bridgehead atoms. The van der Waals surface area contributed by atoms with Gasteiger partial charge in [0, 0.05) is 32.0 Å². The molecule has 8 nitrogen and oxygen atoms in total. The number of likely N-dealkylation sites (tertiary alicyclic amines) is 1. The summed E-state index contributed by atoms with van der Waals surface area (Å²) in [6.45, 7) is 3.38. The molecule has 4 heterocycles. The van der Waals surface area contributed by atoms with E-state index < -0.39 is 0 Å². The van der Waals surface area contributed by atoms with E-state index in [2.05, 4.69) is 25.2 Å². The lowest BCUT2D eigenvalue weighted by Crippen LogP contribution is -2.38. The summed E-state index contributed by atoms with van der Waals surface area (Å²) in [5.41, 5.74) is 0.484. The Morgan fingerprint density at radius 1 is 1.17 bits per heavy atom. The van der Waals surface area contributed by atoms with Crippen LogP contribution in [0.2, 0.25) is 0 Å². The van der Waals surface area contributed by atoms with Crippen LogP contribution in [0.25, 0.3) is 0 Å². The van der Waals surface area contributed by atoms with E-state index in [1.165, 1.54) is 0 Å². The molecule has 0 saturated carbocycles. The lowest BCUT2D eigenvalue weighted by molar-refractivity contribution is 0.0715. The Hall–Kier alpha value is -2.51. The second-order valence-corrected chi connectivity index (χ2v) is 6.36. The standard InChI is InChI=1S/C16H21N7O/c24-15(14-5-6-17-16(19-14)21-8-1-2-9-21)23-10-3-4-13(23)12-22-11-7-18-20-22/h5-7,11,13H,1-4,8-10,12H2/t13-/m0/s1. The molecule has 0 spiro atoms. The highest BCUT2D eigenvalue weighted by molar-refractivity contribution is 5.92. The number of anilines is 1. The normalized spacial score (nSPS) is 20.8. The van der Waals surface area contributed by atoms with Crippen LogP contribution < -0.4 is 4.90 Å². The Kier molecular flexibility index (Phi) is 4.10. The van der Waals surface area contributed by atoms with Crippen molar-refractivity contribution in [3.8, 4) is 0 Å². The number of nitrogens with zero attached hydrogens (tertiary/aromatic N) is 7. The number of carbonyl (C=O) groups is 1. The van der Waals surface area contributed by atoms with E-state index >= 15 is 0 Å². The molecule has 2 aromatic rings. The zero-order valence-electron chi connectivity index (χ0n) is 13.6. The SMILES string of the molecule is O=C(c1ccnc(N2CCCC2)n1)N1CCC[C@H]1Cn1ccnn1. The summed E-state index contributed by atoms with van der Waals surface area (Å²) in [6, 6.07) is 1.86. The Labute approximate surface area is 140 Å². The van der Waals surface area contributed by atoms with Crippen molar-refractivity contribution in [2.24, 2.45) is 0 Å². The molecule has 0 N–H and O–H groups in total. The van der Waals surface area contributed by atoms with Crippen LogP contribution in [-0.2, 0) is 6.54 Å². The summed E-state index contributed by atoms with van der Waals surface area (Å²) < 4.78 is 1.78. The van der Waals surface area contributed by atoms with E-state index in [-0.39, 0.29) is 11.9 Å². The third-order valence-corrected chi connectivity index (χ3v) is 4.76. The summed E-state index contributed by atoms with van der Waals surface area (Å²) in [7, 11) is 0. The van der Waals surface area contributed by atoms with Crippen LogP contribution in [0.5, 0.6) is 0 Å². The van der Waals surface area contributed by atoms with E-state index in [0.29, 0.717) is 18.2 Å². The molecule has 0 unspecified atom stereocenters. The Balaban J connectivity index is 1.51. The molecular formula is C16H21N7O. The lowest BCUT2D eigenvalue weighted by atomic mass is 10.2. The average Bonchev–Trinajstić information content (AvgIpc) is 3.37. The van der Waals surface area contributed by atoms with Crippen molar-refractivity contribution in [3.05, 3.63) is 30.4 Å². The number of hydrogen-bond donors (Lipinski definition) is 0. The first-order valence-electron chi connectivity index (χ1n) is 8.54. The number of aromatic nitrogens is 5. The molecule has 1 atom stereocenters. The Bertz CT molecular complexity index is 696. The van der Waals surface area contributed by atoms with Crippen molar-refractivity contribution >= 4 is 11.9 Å². The fraction of sp³-hybridized carbons (Fsp3) is 0.562. The molecule has 126 valence electrons. The molecule has 1 amide bonds. The van der Waals surface area contributed by atoms with Crippen molar-refractivity contribution in [1.82, 2.24) is 29.9 Å². The van der Waals surface area contributed by atoms with Crippen molar-refractivity contribution in [2.75, 3.05) is 24.5 Å². The molecule has 4 rings (SSSR count). The molecule has 0 aromatic carbocycles. The van der Waals surface area contributed by atoms with Gasteiger partial charge in [-0.05, 0) is 31.7 Å². The maximum Gasteiger partial charge on any atom is 0.272 e. The van der Waals surface area contributed by atoms with Crippen LogP contribution in [0.1, 0.15) is 36.2 Å². The van der Waals surface area contributed by atoms with E-state index in [9.17, 15) is 4.79 Å². The summed E-state index contributed by atoms with van der Waals surface area (Å²) in [4.78, 5) is 25.8. The van der Waals surface area contributed by atoms with Gasteiger partial charge in [-0.2, -0.15) is 0 Å². The second-order valence-electron chi connectivity index (χ2n) is 6.36. The quantitative estimate of drug-likeness (QED) is 0.832. The van der Waals surface area contributed by atoms with Gasteiger partial charge in [-0.15, -0.1) is 5.10 Å². The van der Waals surface area contributed by atoms with Gasteiger partial charge in [0.15, 0.2) is 0 Å². The zero-order chi connectivity index (χ0) is 16.4. The monoisotopic (exact) mass is 327 g/mol. The Morgan fingerprint density at radius 2 is 2.04 bits per heavy atom. The minimum Gasteiger partial charge on any atom is -0.341 e. The first kappa shape index (κ1) is 15.0. The van der Waals surface area contributed by atoms with Crippen LogP contribution in [0.4, 0.5) is 5.95 Å². The van der Waals surface area contributed by atoms with Crippen molar-refractivity contribution in [2.45, 2.75) is 38.3 Å². The molecule has 2 aliphatic heterocycles. The predicted octanol–water partition coefficient (Wildman–Crippen LogP) is 0.973. The van der Waals surface area contributed by atoms with Crippen LogP contribution in [0.3, 0.4) is 0 Å². The summed E-state index contributed by atoms with van der Waals surface area (Å²) in [5.74, 6) is 0.658. The molecule has 2 aliphatic rings. The third-order valence-electron chi connectivity index (χ3n) is 4.76. The van der Waals surface area contributed by atoms with Crippen molar-refractivity contribution in [1.29, 1.82) is 0 Å². The molecule has 8 heteroatoms. The second kappa shape index (κ2) is 6.54. The molecule has 2 aromatic heterocycles. The van der Waals surface area contributed by atoms with Gasteiger partial charge in [0.05, 0.1) is 18.8 Å². The van der Waals surface area contributed by atoms with Crippen molar-refractivity contribution in [3.63, 3.8) is 0 Å². The molecule has 0 radical (unpaired) electrons. The van der Waals surface area contributed by atoms with Gasteiger partial charge in [-0.1, -0.05) is 5.21 Å². The van der Waals surface area contributed by atoms with Gasteiger partial charge in [-0.3, -0.25) is 9.48 Å². The average molecular weight is 327 g/mol. The first-order valence-corrected chi connectivity index (χ1v) is 8.54. The van der Waals surface area contributed by atoms with Crippen LogP contribution in [0, 0.1) is 0 Å². The van der Waals surface area contributed by atoms with Gasteiger partial charge in [0.2, 0.25) is 5.95 Å². The summed E-state index contributed by atoms with van der Waals surface area (Å²) in [5, 5.41) is 7.84. The maximum atomic E-state index is 12.9. The predicted molar refractivity (Wildman–Crippen MR) is 87.6 cm³/mol. The Morgan fingerprint density at radius 3 is 2.83 bits per heavy atom. The highest BCUT2D eigenvalue weighted by Crippen LogP contribution is 2.22. The van der Waals surface area contributed by atoms with Crippen LogP contribution in [-0.4, -0.2) is 61.4 Å². The number of rotatable bonds is 4. The van der Waals surface area contributed by atoms with E-state index in [4.69, 9.17) is 0 Å². The van der Waals surface area contributed by atoms with Gasteiger partial charge in [0.25, 0.3) is 5.91 Å². The third kappa shape index (κ3) is 2.95. The number of amides is 1. The summed E-state index contributed by atoms with van der Waals surface area (Å²) in [6.07, 6.45) is 9.49.